The van der Waals surface area contributed by atoms with Gasteiger partial charge in [0.2, 0.25) is 0 Å². The van der Waals surface area contributed by atoms with E-state index in [1.807, 2.05) is 13.8 Å². The number of alkyl halides is 3. The number of Topliss-reactive ketones (excluding diaryl/α,β-unsaturated/α-hetero) is 1. The summed E-state index contributed by atoms with van der Waals surface area (Å²) < 4.78 is 67.9. The quantitative estimate of drug-likeness (QED) is 0.738. The summed E-state index contributed by atoms with van der Waals surface area (Å²) in [6, 6.07) is -0.650. The third kappa shape index (κ3) is 3.23. The molecule has 1 N–H and O–H groups in total. The van der Waals surface area contributed by atoms with E-state index in [-0.39, 0.29) is 37.0 Å². The van der Waals surface area contributed by atoms with Crippen molar-refractivity contribution in [1.29, 1.82) is 0 Å². The van der Waals surface area contributed by atoms with Crippen LogP contribution in [0.25, 0.3) is 0 Å². The van der Waals surface area contributed by atoms with E-state index in [2.05, 4.69) is 5.32 Å². The molecule has 1 saturated heterocycles. The molecule has 9 heteroatoms. The lowest BCUT2D eigenvalue weighted by atomic mass is 9.70. The van der Waals surface area contributed by atoms with Crippen LogP contribution in [-0.2, 0) is 19.1 Å². The maximum absolute atomic E-state index is 12.7. The Morgan fingerprint density at radius 1 is 1.32 bits per heavy atom. The number of fused-ring (bicyclic) bond motifs is 2. The molecule has 0 spiro atoms. The highest BCUT2D eigenvalue weighted by Gasteiger charge is 2.65. The first kappa shape index (κ1) is 19.1. The van der Waals surface area contributed by atoms with Gasteiger partial charge in [0.15, 0.2) is 0 Å². The van der Waals surface area contributed by atoms with Crippen LogP contribution in [0.2, 0.25) is 0 Å². The molecule has 1 aliphatic heterocycles. The van der Waals surface area contributed by atoms with Gasteiger partial charge < -0.3 is 5.32 Å². The minimum absolute atomic E-state index is 0.0305. The van der Waals surface area contributed by atoms with Gasteiger partial charge in [-0.2, -0.15) is 21.6 Å². The third-order valence-corrected chi connectivity index (χ3v) is 8.04. The van der Waals surface area contributed by atoms with Gasteiger partial charge >= 0.3 is 6.18 Å². The molecule has 2 unspecified atom stereocenters. The summed E-state index contributed by atoms with van der Waals surface area (Å²) in [6.07, 6.45) is -2.73. The van der Waals surface area contributed by atoms with Crippen LogP contribution in [0.1, 0.15) is 39.5 Å². The summed E-state index contributed by atoms with van der Waals surface area (Å²) in [5, 5.41) is 2.66. The van der Waals surface area contributed by atoms with Gasteiger partial charge in [0, 0.05) is 19.0 Å². The van der Waals surface area contributed by atoms with Gasteiger partial charge in [-0.25, -0.2) is 0 Å². The lowest BCUT2D eigenvalue weighted by molar-refractivity contribution is -0.169. The van der Waals surface area contributed by atoms with Gasteiger partial charge in [0.05, 0.1) is 23.7 Å². The number of carbonyl (C=O) groups is 1. The van der Waals surface area contributed by atoms with Gasteiger partial charge in [0.1, 0.15) is 5.78 Å². The fourth-order valence-corrected chi connectivity index (χ4v) is 6.57. The van der Waals surface area contributed by atoms with E-state index < -0.39 is 39.1 Å². The zero-order valence-electron chi connectivity index (χ0n) is 14.4. The summed E-state index contributed by atoms with van der Waals surface area (Å²) >= 11 is 0. The maximum Gasteiger partial charge on any atom is 0.393 e. The van der Waals surface area contributed by atoms with Crippen molar-refractivity contribution in [3.63, 3.8) is 0 Å². The molecule has 1 heterocycles. The van der Waals surface area contributed by atoms with Crippen molar-refractivity contribution in [1.82, 2.24) is 5.32 Å². The van der Waals surface area contributed by atoms with Crippen LogP contribution in [0.3, 0.4) is 0 Å². The Bertz CT molecular complexity index is 661. The van der Waals surface area contributed by atoms with E-state index in [4.69, 9.17) is 4.18 Å². The topological polar surface area (TPSA) is 72.5 Å². The Morgan fingerprint density at radius 3 is 2.48 bits per heavy atom. The smallest absolute Gasteiger partial charge is 0.311 e. The summed E-state index contributed by atoms with van der Waals surface area (Å²) in [7, 11) is -4.00. The van der Waals surface area contributed by atoms with Gasteiger partial charge in [0.25, 0.3) is 10.1 Å². The third-order valence-electron chi connectivity index (χ3n) is 6.70. The number of hydrogen-bond acceptors (Lipinski definition) is 5. The van der Waals surface area contributed by atoms with Crippen LogP contribution < -0.4 is 5.32 Å². The largest absolute Gasteiger partial charge is 0.393 e. The highest BCUT2D eigenvalue weighted by atomic mass is 32.2. The van der Waals surface area contributed by atoms with Crippen LogP contribution in [0, 0.1) is 22.7 Å². The van der Waals surface area contributed by atoms with Gasteiger partial charge in [-0.05, 0) is 30.6 Å². The average Bonchev–Trinajstić information content (AvgIpc) is 3.08. The maximum atomic E-state index is 12.7. The molecule has 2 aliphatic carbocycles. The second-order valence-electron chi connectivity index (χ2n) is 8.23. The predicted octanol–water partition coefficient (Wildman–Crippen LogP) is 2.27. The number of nitrogens with one attached hydrogen (secondary N) is 1. The zero-order valence-corrected chi connectivity index (χ0v) is 15.2. The fourth-order valence-electron chi connectivity index (χ4n) is 4.83. The van der Waals surface area contributed by atoms with Crippen molar-refractivity contribution in [3.05, 3.63) is 0 Å². The standard InChI is InChI=1S/C16H24F3NO4S/c1-14(2)10-3-4-15(14,13(21)6-10)9-25(22,23)24-8-12-5-11(7-20-12)16(17,18)19/h10-12,20H,3-9H2,1-2H3/t10?,11-,12-,15?/m1/s1. The number of hydrogen-bond donors (Lipinski definition) is 1. The number of ketones is 1. The molecular formula is C16H24F3NO4S. The molecule has 3 fully saturated rings. The first-order valence-corrected chi connectivity index (χ1v) is 10.2. The van der Waals surface area contributed by atoms with Crippen LogP contribution in [0.5, 0.6) is 0 Å². The van der Waals surface area contributed by atoms with Crippen LogP contribution in [-0.4, -0.2) is 45.3 Å². The molecule has 2 saturated carbocycles. The number of halogens is 3. The normalized spacial score (nSPS) is 37.8. The molecule has 5 nitrogen and oxygen atoms in total. The molecule has 0 aromatic carbocycles. The highest BCUT2D eigenvalue weighted by Crippen LogP contribution is 2.64. The van der Waals surface area contributed by atoms with E-state index in [0.717, 1.165) is 6.42 Å². The van der Waals surface area contributed by atoms with Crippen molar-refractivity contribution in [2.75, 3.05) is 18.9 Å². The number of carbonyl (C=O) groups excluding carboxylic acids is 1. The minimum atomic E-state index is -4.29. The predicted molar refractivity (Wildman–Crippen MR) is 84.3 cm³/mol. The molecule has 0 aromatic rings. The number of rotatable bonds is 5. The molecular weight excluding hydrogens is 359 g/mol. The van der Waals surface area contributed by atoms with E-state index in [1.54, 1.807) is 0 Å². The molecule has 3 rings (SSSR count). The lowest BCUT2D eigenvalue weighted by Crippen LogP contribution is -2.43. The first-order chi connectivity index (χ1) is 11.4. The minimum Gasteiger partial charge on any atom is -0.311 e. The molecule has 0 amide bonds. The average molecular weight is 383 g/mol. The molecule has 0 radical (unpaired) electrons. The Kier molecular flexibility index (Phi) is 4.52. The zero-order chi connectivity index (χ0) is 18.7. The van der Waals surface area contributed by atoms with E-state index in [9.17, 15) is 26.4 Å². The SMILES string of the molecule is CC1(C)C2CCC1(CS(=O)(=O)OC[C@H]1C[C@@H](C(F)(F)F)CN1)C(=O)C2. The Morgan fingerprint density at radius 2 is 2.00 bits per heavy atom. The van der Waals surface area contributed by atoms with Crippen molar-refractivity contribution >= 4 is 15.9 Å². The van der Waals surface area contributed by atoms with Gasteiger partial charge in [-0.15, -0.1) is 0 Å². The monoisotopic (exact) mass is 383 g/mol. The summed E-state index contributed by atoms with van der Waals surface area (Å²) in [6.45, 7) is 3.30. The molecule has 0 aromatic heterocycles. The summed E-state index contributed by atoms with van der Waals surface area (Å²) in [5.41, 5.74) is -1.32. The van der Waals surface area contributed by atoms with Crippen molar-refractivity contribution in [3.8, 4) is 0 Å². The van der Waals surface area contributed by atoms with Crippen LogP contribution in [0.15, 0.2) is 0 Å². The van der Waals surface area contributed by atoms with Gasteiger partial charge in [-0.1, -0.05) is 13.8 Å². The van der Waals surface area contributed by atoms with Crippen LogP contribution in [0.4, 0.5) is 13.2 Å². The first-order valence-electron chi connectivity index (χ1n) is 8.58. The molecule has 3 aliphatic rings. The molecule has 144 valence electrons. The highest BCUT2D eigenvalue weighted by molar-refractivity contribution is 7.86. The second kappa shape index (κ2) is 5.92. The Hall–Kier alpha value is -0.670. The molecule has 25 heavy (non-hydrogen) atoms. The van der Waals surface area contributed by atoms with Gasteiger partial charge in [-0.3, -0.25) is 8.98 Å². The summed E-state index contributed by atoms with van der Waals surface area (Å²) in [4.78, 5) is 12.4. The van der Waals surface area contributed by atoms with Crippen molar-refractivity contribution in [2.24, 2.45) is 22.7 Å². The molecule has 2 bridgehead atoms. The van der Waals surface area contributed by atoms with E-state index in [1.165, 1.54) is 0 Å². The van der Waals surface area contributed by atoms with Crippen LogP contribution >= 0.6 is 0 Å². The van der Waals surface area contributed by atoms with E-state index in [0.29, 0.717) is 12.8 Å². The van der Waals surface area contributed by atoms with Crippen molar-refractivity contribution in [2.45, 2.75) is 51.7 Å². The summed E-state index contributed by atoms with van der Waals surface area (Å²) in [5.74, 6) is -1.69. The fraction of sp³-hybridized carbons (Fsp3) is 0.938. The van der Waals surface area contributed by atoms with Crippen molar-refractivity contribution < 1.29 is 30.6 Å². The Balaban J connectivity index is 1.61. The van der Waals surface area contributed by atoms with E-state index >= 15 is 0 Å². The molecule has 4 atom stereocenters. The Labute approximate surface area is 145 Å². The second-order valence-corrected chi connectivity index (χ2v) is 9.87. The lowest BCUT2D eigenvalue weighted by Gasteiger charge is -2.35.